The quantitative estimate of drug-likeness (QED) is 0.323. The number of likely N-dealkylation sites (N-methyl/N-ethyl adjacent to an activating group) is 1. The van der Waals surface area contributed by atoms with Crippen LogP contribution in [0.5, 0.6) is 0 Å². The largest absolute Gasteiger partial charge is 0.480 e. The molecule has 5 saturated carbocycles. The van der Waals surface area contributed by atoms with Crippen molar-refractivity contribution in [1.29, 1.82) is 0 Å². The molecule has 0 bridgehead atoms. The number of hydrogen-bond donors (Lipinski definition) is 3. The van der Waals surface area contributed by atoms with Crippen molar-refractivity contribution in [2.24, 2.45) is 56.7 Å². The Morgan fingerprint density at radius 2 is 1.62 bits per heavy atom. The minimum absolute atomic E-state index is 0.0942. The second-order valence-electron chi connectivity index (χ2n) is 16.1. The Bertz CT molecular complexity index is 1020. The Kier molecular flexibility index (Phi) is 7.17. The molecule has 10 unspecified atom stereocenters. The summed E-state index contributed by atoms with van der Waals surface area (Å²) >= 11 is 0. The molecule has 5 nitrogen and oxygen atoms in total. The Balaban J connectivity index is 1.49. The molecule has 0 aliphatic heterocycles. The van der Waals surface area contributed by atoms with Crippen molar-refractivity contribution < 1.29 is 14.7 Å². The molecular formula is C34H56N2O3. The van der Waals surface area contributed by atoms with Crippen LogP contribution >= 0.6 is 0 Å². The molecule has 39 heavy (non-hydrogen) atoms. The van der Waals surface area contributed by atoms with Crippen molar-refractivity contribution in [2.45, 2.75) is 118 Å². The lowest BCUT2D eigenvalue weighted by atomic mass is 9.32. The Hall–Kier alpha value is -1.36. The van der Waals surface area contributed by atoms with Crippen molar-refractivity contribution in [2.75, 3.05) is 13.6 Å². The third-order valence-corrected chi connectivity index (χ3v) is 14.4. The number of fused-ring (bicyclic) bond motifs is 7. The molecule has 5 rings (SSSR count). The van der Waals surface area contributed by atoms with E-state index >= 15 is 0 Å². The van der Waals surface area contributed by atoms with Crippen LogP contribution in [-0.2, 0) is 9.59 Å². The lowest BCUT2D eigenvalue weighted by molar-refractivity contribution is -0.235. The van der Waals surface area contributed by atoms with Gasteiger partial charge in [0.25, 0.3) is 0 Å². The number of nitrogens with one attached hydrogen (secondary N) is 2. The van der Waals surface area contributed by atoms with Gasteiger partial charge < -0.3 is 15.7 Å². The molecule has 0 spiro atoms. The summed E-state index contributed by atoms with van der Waals surface area (Å²) in [6.07, 6.45) is 13.2. The third-order valence-electron chi connectivity index (χ3n) is 14.4. The number of hydrogen-bond acceptors (Lipinski definition) is 3. The summed E-state index contributed by atoms with van der Waals surface area (Å²) in [7, 11) is 1.65. The van der Waals surface area contributed by atoms with E-state index in [1.54, 1.807) is 7.05 Å². The van der Waals surface area contributed by atoms with Gasteiger partial charge in [-0.3, -0.25) is 9.59 Å². The molecule has 220 valence electrons. The number of carboxylic acid groups (broad SMARTS) is 1. The fraction of sp³-hybridized carbons (Fsp3) is 0.882. The van der Waals surface area contributed by atoms with E-state index in [0.717, 1.165) is 37.5 Å². The average Bonchev–Trinajstić information content (AvgIpc) is 3.25. The Morgan fingerprint density at radius 3 is 2.26 bits per heavy atom. The van der Waals surface area contributed by atoms with Crippen molar-refractivity contribution in [3.05, 3.63) is 12.2 Å². The molecule has 5 heteroatoms. The van der Waals surface area contributed by atoms with Gasteiger partial charge in [0, 0.05) is 6.54 Å². The van der Waals surface area contributed by atoms with Gasteiger partial charge in [-0.1, -0.05) is 53.2 Å². The molecule has 0 radical (unpaired) electrons. The van der Waals surface area contributed by atoms with Gasteiger partial charge >= 0.3 is 5.97 Å². The van der Waals surface area contributed by atoms with Crippen LogP contribution in [-0.4, -0.2) is 36.6 Å². The van der Waals surface area contributed by atoms with E-state index < -0.39 is 17.4 Å². The lowest BCUT2D eigenvalue weighted by Gasteiger charge is -2.72. The first-order valence-corrected chi connectivity index (χ1v) is 16.0. The molecule has 0 saturated heterocycles. The van der Waals surface area contributed by atoms with Gasteiger partial charge in [0.1, 0.15) is 6.04 Å². The van der Waals surface area contributed by atoms with Crippen molar-refractivity contribution in [3.8, 4) is 0 Å². The van der Waals surface area contributed by atoms with Crippen LogP contribution in [0.25, 0.3) is 0 Å². The zero-order valence-corrected chi connectivity index (χ0v) is 25.9. The standard InChI is InChI=1S/C34H56N2O3/c1-21(2)22-12-17-34(29(39)36-20-24(35-8)28(37)38)19-18-32(6)23(27(22)34)10-11-26-31(5)15-9-14-30(3,4)25(31)13-16-33(26,32)7/h22-27,35H,1,9-20H2,2-8H3,(H,36,39)(H,37,38). The number of carbonyl (C=O) groups excluding carboxylic acids is 1. The van der Waals surface area contributed by atoms with Crippen LogP contribution < -0.4 is 10.6 Å². The number of rotatable bonds is 6. The first-order chi connectivity index (χ1) is 18.2. The highest BCUT2D eigenvalue weighted by molar-refractivity contribution is 5.85. The van der Waals surface area contributed by atoms with Gasteiger partial charge in [-0.15, -0.1) is 0 Å². The first-order valence-electron chi connectivity index (χ1n) is 16.0. The maximum Gasteiger partial charge on any atom is 0.322 e. The highest BCUT2D eigenvalue weighted by atomic mass is 16.4. The maximum absolute atomic E-state index is 14.1. The van der Waals surface area contributed by atoms with E-state index in [9.17, 15) is 14.7 Å². The fourth-order valence-electron chi connectivity index (χ4n) is 12.3. The normalized spacial score (nSPS) is 47.1. The highest BCUT2D eigenvalue weighted by Gasteiger charge is 2.71. The first kappa shape index (κ1) is 29.1. The van der Waals surface area contributed by atoms with Gasteiger partial charge in [0.2, 0.25) is 5.91 Å². The summed E-state index contributed by atoms with van der Waals surface area (Å²) in [6, 6.07) is -0.763. The smallest absolute Gasteiger partial charge is 0.322 e. The summed E-state index contributed by atoms with van der Waals surface area (Å²) in [5.41, 5.74) is 2.18. The van der Waals surface area contributed by atoms with Crippen LogP contribution in [0.2, 0.25) is 0 Å². The van der Waals surface area contributed by atoms with E-state index in [0.29, 0.717) is 34.0 Å². The Morgan fingerprint density at radius 1 is 0.897 bits per heavy atom. The summed E-state index contributed by atoms with van der Waals surface area (Å²) < 4.78 is 0. The van der Waals surface area contributed by atoms with E-state index in [-0.39, 0.29) is 17.9 Å². The minimum Gasteiger partial charge on any atom is -0.480 e. The molecule has 5 fully saturated rings. The Labute approximate surface area is 237 Å². The van der Waals surface area contributed by atoms with Gasteiger partial charge in [-0.05, 0) is 129 Å². The number of carboxylic acids is 1. The molecule has 1 amide bonds. The molecule has 10 atom stereocenters. The average molecular weight is 541 g/mol. The van der Waals surface area contributed by atoms with Crippen LogP contribution in [0.15, 0.2) is 12.2 Å². The highest BCUT2D eigenvalue weighted by Crippen LogP contribution is 2.77. The maximum atomic E-state index is 14.1. The van der Waals surface area contributed by atoms with Crippen LogP contribution in [0, 0.1) is 56.7 Å². The van der Waals surface area contributed by atoms with Gasteiger partial charge in [0.05, 0.1) is 5.41 Å². The number of aliphatic carboxylic acids is 1. The SMILES string of the molecule is C=C(C)C1CCC2(C(=O)NCC(NC)C(=O)O)CCC3(C)C(CCC4C5(C)CCCC(C)(C)C5CCC43C)C12. The molecule has 0 aromatic carbocycles. The fourth-order valence-corrected chi connectivity index (χ4v) is 12.3. The van der Waals surface area contributed by atoms with E-state index in [4.69, 9.17) is 0 Å². The summed E-state index contributed by atoms with van der Waals surface area (Å²) in [5, 5.41) is 15.5. The van der Waals surface area contributed by atoms with Crippen molar-refractivity contribution >= 4 is 11.9 Å². The predicted octanol–water partition coefficient (Wildman–Crippen LogP) is 6.82. The monoisotopic (exact) mass is 540 g/mol. The number of allylic oxidation sites excluding steroid dienone is 1. The van der Waals surface area contributed by atoms with E-state index in [1.807, 2.05) is 0 Å². The minimum atomic E-state index is -0.921. The topological polar surface area (TPSA) is 78.4 Å². The summed E-state index contributed by atoms with van der Waals surface area (Å²) in [4.78, 5) is 25.7. The van der Waals surface area contributed by atoms with Gasteiger partial charge in [-0.2, -0.15) is 0 Å². The summed E-state index contributed by atoms with van der Waals surface area (Å²) in [6.45, 7) is 19.8. The molecular weight excluding hydrogens is 484 g/mol. The molecule has 3 N–H and O–H groups in total. The molecule has 5 aliphatic rings. The molecule has 5 aliphatic carbocycles. The zero-order valence-electron chi connectivity index (χ0n) is 25.9. The molecule has 0 aromatic rings. The second kappa shape index (κ2) is 9.60. The van der Waals surface area contributed by atoms with Gasteiger partial charge in [0.15, 0.2) is 0 Å². The number of carbonyl (C=O) groups is 2. The van der Waals surface area contributed by atoms with Crippen LogP contribution in [0.1, 0.15) is 112 Å². The second-order valence-corrected chi connectivity index (χ2v) is 16.1. The number of amides is 1. The lowest BCUT2D eigenvalue weighted by Crippen LogP contribution is -2.66. The van der Waals surface area contributed by atoms with Crippen molar-refractivity contribution in [1.82, 2.24) is 10.6 Å². The van der Waals surface area contributed by atoms with Crippen LogP contribution in [0.3, 0.4) is 0 Å². The molecule has 0 heterocycles. The van der Waals surface area contributed by atoms with E-state index in [1.165, 1.54) is 50.5 Å². The van der Waals surface area contributed by atoms with Gasteiger partial charge in [-0.25, -0.2) is 0 Å². The predicted molar refractivity (Wildman–Crippen MR) is 157 cm³/mol. The molecule has 0 aromatic heterocycles. The third kappa shape index (κ3) is 4.02. The zero-order chi connectivity index (χ0) is 28.6. The van der Waals surface area contributed by atoms with Crippen LogP contribution in [0.4, 0.5) is 0 Å². The van der Waals surface area contributed by atoms with E-state index in [2.05, 4.69) is 58.8 Å². The van der Waals surface area contributed by atoms with Crippen molar-refractivity contribution in [3.63, 3.8) is 0 Å². The summed E-state index contributed by atoms with van der Waals surface area (Å²) in [5.74, 6) is 1.93.